The molecule has 1 atom stereocenters. The summed E-state index contributed by atoms with van der Waals surface area (Å²) in [6.07, 6.45) is 0.913. The number of thiocarbonyl (C=S) groups is 1. The van der Waals surface area contributed by atoms with Crippen molar-refractivity contribution in [3.63, 3.8) is 0 Å². The third-order valence-corrected chi connectivity index (χ3v) is 4.46. The Balaban J connectivity index is 2.17. The first-order chi connectivity index (χ1) is 9.13. The van der Waals surface area contributed by atoms with E-state index in [-0.39, 0.29) is 11.8 Å². The fourth-order valence-electron chi connectivity index (χ4n) is 2.31. The SMILES string of the molecule is CCCN(CC(N)=S)C(=O)C1CSc2ccccc21. The summed E-state index contributed by atoms with van der Waals surface area (Å²) in [6.45, 7) is 3.14. The number of nitrogens with zero attached hydrogens (tertiary/aromatic N) is 1. The molecule has 0 saturated heterocycles. The molecule has 0 aliphatic carbocycles. The molecule has 0 fully saturated rings. The molecule has 2 rings (SSSR count). The van der Waals surface area contributed by atoms with Gasteiger partial charge < -0.3 is 10.6 Å². The second kappa shape index (κ2) is 6.39. The van der Waals surface area contributed by atoms with Crippen LogP contribution in [0.2, 0.25) is 0 Å². The molecule has 102 valence electrons. The molecule has 0 aromatic heterocycles. The van der Waals surface area contributed by atoms with Gasteiger partial charge in [0, 0.05) is 17.2 Å². The van der Waals surface area contributed by atoms with E-state index in [0.717, 1.165) is 17.7 Å². The van der Waals surface area contributed by atoms with Crippen LogP contribution in [0.4, 0.5) is 0 Å². The van der Waals surface area contributed by atoms with Crippen LogP contribution in [0, 0.1) is 0 Å². The minimum absolute atomic E-state index is 0.0536. The van der Waals surface area contributed by atoms with Gasteiger partial charge in [0.05, 0.1) is 17.5 Å². The third-order valence-electron chi connectivity index (χ3n) is 3.15. The topological polar surface area (TPSA) is 46.3 Å². The Bertz CT molecular complexity index is 490. The molecular weight excluding hydrogens is 276 g/mol. The number of fused-ring (bicyclic) bond motifs is 1. The van der Waals surface area contributed by atoms with E-state index >= 15 is 0 Å². The van der Waals surface area contributed by atoms with E-state index < -0.39 is 0 Å². The smallest absolute Gasteiger partial charge is 0.231 e. The molecule has 1 amide bonds. The lowest BCUT2D eigenvalue weighted by Crippen LogP contribution is -2.41. The highest BCUT2D eigenvalue weighted by molar-refractivity contribution is 7.99. The number of hydrogen-bond acceptors (Lipinski definition) is 3. The van der Waals surface area contributed by atoms with Gasteiger partial charge in [0.25, 0.3) is 0 Å². The maximum Gasteiger partial charge on any atom is 0.231 e. The largest absolute Gasteiger partial charge is 0.392 e. The molecule has 1 aromatic rings. The maximum atomic E-state index is 12.6. The zero-order valence-electron chi connectivity index (χ0n) is 11.0. The van der Waals surface area contributed by atoms with Crippen molar-refractivity contribution in [1.82, 2.24) is 4.90 Å². The van der Waals surface area contributed by atoms with E-state index in [1.165, 1.54) is 4.90 Å². The van der Waals surface area contributed by atoms with Gasteiger partial charge in [-0.3, -0.25) is 4.79 Å². The van der Waals surface area contributed by atoms with Gasteiger partial charge in [-0.15, -0.1) is 11.8 Å². The van der Waals surface area contributed by atoms with Crippen LogP contribution < -0.4 is 5.73 Å². The number of benzene rings is 1. The Morgan fingerprint density at radius 2 is 2.26 bits per heavy atom. The van der Waals surface area contributed by atoms with Crippen LogP contribution in [0.5, 0.6) is 0 Å². The lowest BCUT2D eigenvalue weighted by atomic mass is 10.00. The normalized spacial score (nSPS) is 17.0. The maximum absolute atomic E-state index is 12.6. The van der Waals surface area contributed by atoms with Crippen molar-refractivity contribution in [2.45, 2.75) is 24.2 Å². The van der Waals surface area contributed by atoms with Crippen molar-refractivity contribution < 1.29 is 4.79 Å². The van der Waals surface area contributed by atoms with E-state index in [1.807, 2.05) is 18.2 Å². The predicted molar refractivity (Wildman–Crippen MR) is 83.6 cm³/mol. The number of thioether (sulfide) groups is 1. The van der Waals surface area contributed by atoms with Crippen LogP contribution in [0.15, 0.2) is 29.2 Å². The van der Waals surface area contributed by atoms with Gasteiger partial charge in [-0.25, -0.2) is 0 Å². The average Bonchev–Trinajstić information content (AvgIpc) is 2.80. The quantitative estimate of drug-likeness (QED) is 0.847. The van der Waals surface area contributed by atoms with Crippen LogP contribution in [0.25, 0.3) is 0 Å². The summed E-state index contributed by atoms with van der Waals surface area (Å²) >= 11 is 6.68. The summed E-state index contributed by atoms with van der Waals surface area (Å²) in [5.41, 5.74) is 6.73. The zero-order chi connectivity index (χ0) is 13.8. The number of nitrogens with two attached hydrogens (primary N) is 1. The molecule has 1 aliphatic heterocycles. The standard InChI is InChI=1S/C14H18N2OS2/c1-2-7-16(8-13(15)18)14(17)11-9-19-12-6-4-3-5-10(11)12/h3-6,11H,2,7-9H2,1H3,(H2,15,18). The van der Waals surface area contributed by atoms with Crippen LogP contribution >= 0.6 is 24.0 Å². The Morgan fingerprint density at radius 3 is 2.95 bits per heavy atom. The van der Waals surface area contributed by atoms with Gasteiger partial charge in [-0.1, -0.05) is 37.3 Å². The molecule has 0 spiro atoms. The van der Waals surface area contributed by atoms with Crippen LogP contribution in [0.1, 0.15) is 24.8 Å². The van der Waals surface area contributed by atoms with Crippen molar-refractivity contribution in [3.05, 3.63) is 29.8 Å². The molecule has 5 heteroatoms. The molecule has 0 radical (unpaired) electrons. The van der Waals surface area contributed by atoms with Crippen molar-refractivity contribution in [2.75, 3.05) is 18.8 Å². The van der Waals surface area contributed by atoms with E-state index in [1.54, 1.807) is 16.7 Å². The highest BCUT2D eigenvalue weighted by Gasteiger charge is 2.31. The van der Waals surface area contributed by atoms with Gasteiger partial charge in [0.2, 0.25) is 5.91 Å². The molecule has 1 unspecified atom stereocenters. The van der Waals surface area contributed by atoms with Crippen LogP contribution in [-0.4, -0.2) is 34.6 Å². The number of carbonyl (C=O) groups is 1. The van der Waals surface area contributed by atoms with Crippen molar-refractivity contribution in [2.24, 2.45) is 5.73 Å². The Hall–Kier alpha value is -1.07. The number of amides is 1. The second-order valence-corrected chi connectivity index (χ2v) is 6.21. The summed E-state index contributed by atoms with van der Waals surface area (Å²) < 4.78 is 0. The molecule has 0 saturated carbocycles. The number of hydrogen-bond donors (Lipinski definition) is 1. The summed E-state index contributed by atoms with van der Waals surface area (Å²) in [5.74, 6) is 0.907. The molecule has 3 nitrogen and oxygen atoms in total. The van der Waals surface area contributed by atoms with E-state index in [0.29, 0.717) is 18.1 Å². The van der Waals surface area contributed by atoms with Crippen LogP contribution in [0.3, 0.4) is 0 Å². The molecule has 1 aliphatic rings. The minimum atomic E-state index is -0.0536. The predicted octanol–water partition coefficient (Wildman–Crippen LogP) is 2.40. The van der Waals surface area contributed by atoms with Crippen LogP contribution in [-0.2, 0) is 4.79 Å². The first-order valence-electron chi connectivity index (χ1n) is 6.42. The van der Waals surface area contributed by atoms with Crippen molar-refractivity contribution in [1.29, 1.82) is 0 Å². The average molecular weight is 294 g/mol. The minimum Gasteiger partial charge on any atom is -0.392 e. The molecular formula is C14H18N2OS2. The Kier molecular flexibility index (Phi) is 4.82. The Labute approximate surface area is 123 Å². The highest BCUT2D eigenvalue weighted by atomic mass is 32.2. The summed E-state index contributed by atoms with van der Waals surface area (Å²) in [5, 5.41) is 0. The molecule has 1 heterocycles. The lowest BCUT2D eigenvalue weighted by Gasteiger charge is -2.24. The van der Waals surface area contributed by atoms with Gasteiger partial charge in [0.1, 0.15) is 0 Å². The van der Waals surface area contributed by atoms with E-state index in [9.17, 15) is 4.79 Å². The van der Waals surface area contributed by atoms with Gasteiger partial charge in [0.15, 0.2) is 0 Å². The van der Waals surface area contributed by atoms with E-state index in [4.69, 9.17) is 18.0 Å². The van der Waals surface area contributed by atoms with Gasteiger partial charge >= 0.3 is 0 Å². The summed E-state index contributed by atoms with van der Waals surface area (Å²) in [7, 11) is 0. The summed E-state index contributed by atoms with van der Waals surface area (Å²) in [4.78, 5) is 16.0. The van der Waals surface area contributed by atoms with Gasteiger partial charge in [-0.2, -0.15) is 0 Å². The van der Waals surface area contributed by atoms with E-state index in [2.05, 4.69) is 13.0 Å². The molecule has 2 N–H and O–H groups in total. The van der Waals surface area contributed by atoms with Crippen molar-refractivity contribution in [3.8, 4) is 0 Å². The second-order valence-electron chi connectivity index (χ2n) is 4.63. The first-order valence-corrected chi connectivity index (χ1v) is 7.81. The molecule has 0 bridgehead atoms. The third kappa shape index (κ3) is 3.28. The number of carbonyl (C=O) groups excluding carboxylic acids is 1. The fourth-order valence-corrected chi connectivity index (χ4v) is 3.69. The van der Waals surface area contributed by atoms with Gasteiger partial charge in [-0.05, 0) is 18.1 Å². The highest BCUT2D eigenvalue weighted by Crippen LogP contribution is 2.40. The van der Waals surface area contributed by atoms with Crippen molar-refractivity contribution >= 4 is 34.9 Å². The molecule has 1 aromatic carbocycles. The number of rotatable bonds is 5. The lowest BCUT2D eigenvalue weighted by molar-refractivity contribution is -0.131. The molecule has 19 heavy (non-hydrogen) atoms. The first kappa shape index (κ1) is 14.3. The summed E-state index contributed by atoms with van der Waals surface area (Å²) in [6, 6.07) is 8.12. The zero-order valence-corrected chi connectivity index (χ0v) is 12.6. The monoisotopic (exact) mass is 294 g/mol. The fraction of sp³-hybridized carbons (Fsp3) is 0.429. The Morgan fingerprint density at radius 1 is 1.53 bits per heavy atom.